The van der Waals surface area contributed by atoms with Gasteiger partial charge in [-0.05, 0) is 35.2 Å². The van der Waals surface area contributed by atoms with Crippen LogP contribution in [0.1, 0.15) is 59.7 Å². The summed E-state index contributed by atoms with van der Waals surface area (Å²) in [7, 11) is 0. The van der Waals surface area contributed by atoms with Crippen LogP contribution in [0.3, 0.4) is 0 Å². The lowest BCUT2D eigenvalue weighted by atomic mass is 9.98. The standard InChI is InChI=1S/C40H46O9/c1-2-3-4-17-26-45-49-48-40-38(47-39(41)34-24-15-8-16-25-34)37(44-29-33-22-13-7-14-23-33)36(43-28-32-20-11-6-12-21-32)35(46-40)30-42-27-31-18-9-5-10-19-31/h5-16,18-25,35-38,40H,2-4,17,26-30H2,1H3/t35-,36+,37+,38-,40+/m1/s1. The molecule has 9 nitrogen and oxygen atoms in total. The summed E-state index contributed by atoms with van der Waals surface area (Å²) in [5.41, 5.74) is 3.28. The minimum absolute atomic E-state index is 0.136. The van der Waals surface area contributed by atoms with Gasteiger partial charge in [0.1, 0.15) is 18.3 Å². The molecule has 4 aromatic rings. The highest BCUT2D eigenvalue weighted by molar-refractivity contribution is 5.89. The second-order valence-electron chi connectivity index (χ2n) is 11.8. The molecule has 5 rings (SSSR count). The lowest BCUT2D eigenvalue weighted by molar-refractivity contribution is -0.561. The second kappa shape index (κ2) is 20.6. The quantitative estimate of drug-likeness (QED) is 0.0405. The van der Waals surface area contributed by atoms with Gasteiger partial charge in [0.15, 0.2) is 6.10 Å². The molecule has 1 aliphatic rings. The van der Waals surface area contributed by atoms with E-state index in [0.717, 1.165) is 42.4 Å². The Labute approximate surface area is 288 Å². The van der Waals surface area contributed by atoms with Gasteiger partial charge < -0.3 is 23.7 Å². The fourth-order valence-corrected chi connectivity index (χ4v) is 5.46. The molecule has 1 aliphatic heterocycles. The largest absolute Gasteiger partial charge is 0.450 e. The number of hydrogen-bond acceptors (Lipinski definition) is 9. The van der Waals surface area contributed by atoms with Crippen LogP contribution >= 0.6 is 0 Å². The molecular weight excluding hydrogens is 624 g/mol. The van der Waals surface area contributed by atoms with Gasteiger partial charge in [-0.2, -0.15) is 4.89 Å². The summed E-state index contributed by atoms with van der Waals surface area (Å²) in [4.78, 5) is 24.6. The Morgan fingerprint density at radius 1 is 0.633 bits per heavy atom. The van der Waals surface area contributed by atoms with Crippen molar-refractivity contribution in [2.24, 2.45) is 0 Å². The van der Waals surface area contributed by atoms with Crippen LogP contribution in [0.2, 0.25) is 0 Å². The first-order valence-electron chi connectivity index (χ1n) is 17.0. The van der Waals surface area contributed by atoms with Crippen LogP contribution in [0.25, 0.3) is 0 Å². The van der Waals surface area contributed by atoms with Gasteiger partial charge in [-0.1, -0.05) is 140 Å². The van der Waals surface area contributed by atoms with Crippen molar-refractivity contribution in [3.63, 3.8) is 0 Å². The fraction of sp³-hybridized carbons (Fsp3) is 0.375. The highest BCUT2D eigenvalue weighted by Crippen LogP contribution is 2.32. The lowest BCUT2D eigenvalue weighted by Gasteiger charge is -2.44. The molecule has 0 aromatic heterocycles. The van der Waals surface area contributed by atoms with E-state index in [1.54, 1.807) is 24.3 Å². The number of hydrogen-bond donors (Lipinski definition) is 0. The highest BCUT2D eigenvalue weighted by Gasteiger charge is 2.51. The summed E-state index contributed by atoms with van der Waals surface area (Å²) >= 11 is 0. The Morgan fingerprint density at radius 3 is 1.78 bits per heavy atom. The molecule has 0 spiro atoms. The minimum Gasteiger partial charge on any atom is -0.450 e. The highest BCUT2D eigenvalue weighted by atomic mass is 17.5. The van der Waals surface area contributed by atoms with Gasteiger partial charge in [0.05, 0.1) is 38.6 Å². The number of unbranched alkanes of at least 4 members (excludes halogenated alkanes) is 3. The Hall–Kier alpha value is -3.93. The number of carbonyl (C=O) groups is 1. The van der Waals surface area contributed by atoms with Crippen molar-refractivity contribution in [2.75, 3.05) is 13.2 Å². The van der Waals surface area contributed by atoms with Crippen LogP contribution in [0.4, 0.5) is 0 Å². The van der Waals surface area contributed by atoms with Gasteiger partial charge in [0, 0.05) is 0 Å². The first-order chi connectivity index (χ1) is 24.2. The molecule has 0 bridgehead atoms. The molecule has 0 aliphatic carbocycles. The Balaban J connectivity index is 1.41. The average molecular weight is 671 g/mol. The molecule has 0 radical (unpaired) electrons. The number of rotatable bonds is 20. The van der Waals surface area contributed by atoms with E-state index in [1.165, 1.54) is 0 Å². The molecule has 1 heterocycles. The number of carbonyl (C=O) groups excluding carboxylic acids is 1. The summed E-state index contributed by atoms with van der Waals surface area (Å²) in [6, 6.07) is 38.2. The van der Waals surface area contributed by atoms with Crippen molar-refractivity contribution >= 4 is 5.97 Å². The zero-order valence-corrected chi connectivity index (χ0v) is 28.0. The van der Waals surface area contributed by atoms with Gasteiger partial charge in [-0.25, -0.2) is 9.68 Å². The first kappa shape index (κ1) is 36.4. The van der Waals surface area contributed by atoms with Crippen LogP contribution in [-0.2, 0) is 58.3 Å². The van der Waals surface area contributed by atoms with Gasteiger partial charge >= 0.3 is 5.97 Å². The molecule has 0 unspecified atom stereocenters. The van der Waals surface area contributed by atoms with Crippen molar-refractivity contribution in [2.45, 2.75) is 83.1 Å². The van der Waals surface area contributed by atoms with E-state index in [2.05, 4.69) is 6.92 Å². The third kappa shape index (κ3) is 11.9. The molecule has 0 saturated carbocycles. The zero-order valence-electron chi connectivity index (χ0n) is 28.0. The van der Waals surface area contributed by atoms with Crippen LogP contribution in [0.15, 0.2) is 121 Å². The predicted octanol–water partition coefficient (Wildman–Crippen LogP) is 7.78. The maximum absolute atomic E-state index is 13.5. The van der Waals surface area contributed by atoms with Crippen molar-refractivity contribution in [1.29, 1.82) is 0 Å². The van der Waals surface area contributed by atoms with Crippen molar-refractivity contribution < 1.29 is 43.3 Å². The summed E-state index contributed by atoms with van der Waals surface area (Å²) in [6.45, 7) is 3.45. The maximum atomic E-state index is 13.5. The van der Waals surface area contributed by atoms with E-state index in [-0.39, 0.29) is 19.8 Å². The molecule has 260 valence electrons. The van der Waals surface area contributed by atoms with Crippen LogP contribution < -0.4 is 0 Å². The van der Waals surface area contributed by atoms with E-state index in [9.17, 15) is 4.79 Å². The summed E-state index contributed by atoms with van der Waals surface area (Å²) in [6.07, 6.45) is -0.597. The smallest absolute Gasteiger partial charge is 0.338 e. The van der Waals surface area contributed by atoms with E-state index < -0.39 is 36.7 Å². The molecule has 1 fully saturated rings. The minimum atomic E-state index is -1.23. The van der Waals surface area contributed by atoms with Gasteiger partial charge in [-0.3, -0.25) is 0 Å². The van der Waals surface area contributed by atoms with Gasteiger partial charge in [0.2, 0.25) is 6.29 Å². The molecule has 1 saturated heterocycles. The summed E-state index contributed by atoms with van der Waals surface area (Å²) in [5.74, 6) is -0.572. The number of esters is 1. The molecule has 0 amide bonds. The summed E-state index contributed by atoms with van der Waals surface area (Å²) < 4.78 is 32.0. The average Bonchev–Trinajstić information content (AvgIpc) is 3.15. The van der Waals surface area contributed by atoms with Crippen LogP contribution in [0, 0.1) is 0 Å². The van der Waals surface area contributed by atoms with Crippen LogP contribution in [-0.4, -0.2) is 49.9 Å². The normalized spacial score (nSPS) is 20.6. The Kier molecular flexibility index (Phi) is 15.2. The number of benzene rings is 4. The number of ether oxygens (including phenoxy) is 5. The maximum Gasteiger partial charge on any atom is 0.338 e. The monoisotopic (exact) mass is 670 g/mol. The second-order valence-corrected chi connectivity index (χ2v) is 11.8. The molecule has 4 aromatic carbocycles. The topological polar surface area (TPSA) is 90.9 Å². The van der Waals surface area contributed by atoms with Crippen molar-refractivity contribution in [1.82, 2.24) is 0 Å². The predicted molar refractivity (Wildman–Crippen MR) is 183 cm³/mol. The van der Waals surface area contributed by atoms with E-state index in [1.807, 2.05) is 97.1 Å². The molecular formula is C40H46O9. The molecule has 0 N–H and O–H groups in total. The van der Waals surface area contributed by atoms with Crippen LogP contribution in [0.5, 0.6) is 0 Å². The van der Waals surface area contributed by atoms with E-state index in [4.69, 9.17) is 38.5 Å². The van der Waals surface area contributed by atoms with Gasteiger partial charge in [-0.15, -0.1) is 0 Å². The fourth-order valence-electron chi connectivity index (χ4n) is 5.46. The molecule has 49 heavy (non-hydrogen) atoms. The van der Waals surface area contributed by atoms with Crippen molar-refractivity contribution in [3.8, 4) is 0 Å². The lowest BCUT2D eigenvalue weighted by Crippen LogP contribution is -2.62. The molecule has 9 heteroatoms. The Morgan fingerprint density at radius 2 is 1.18 bits per heavy atom. The van der Waals surface area contributed by atoms with Crippen molar-refractivity contribution in [3.05, 3.63) is 144 Å². The van der Waals surface area contributed by atoms with Gasteiger partial charge in [0.25, 0.3) is 0 Å². The van der Waals surface area contributed by atoms with E-state index in [0.29, 0.717) is 18.8 Å². The SMILES string of the molecule is CCCCCCOOO[C@@H]1O[C@H](COCc2ccccc2)[C@H](OCc2ccccc2)[C@H](OCc2ccccc2)[C@H]1OC(=O)c1ccccc1. The zero-order chi connectivity index (χ0) is 33.9. The third-order valence-corrected chi connectivity index (χ3v) is 8.07. The molecule has 5 atom stereocenters. The summed E-state index contributed by atoms with van der Waals surface area (Å²) in [5, 5.41) is 5.22. The first-order valence-corrected chi connectivity index (χ1v) is 17.0. The van der Waals surface area contributed by atoms with E-state index >= 15 is 0 Å². The Bertz CT molecular complexity index is 1460. The third-order valence-electron chi connectivity index (χ3n) is 8.07.